The second-order valence-electron chi connectivity index (χ2n) is 8.30. The van der Waals surface area contributed by atoms with E-state index in [1.165, 1.54) is 25.7 Å². The first-order chi connectivity index (χ1) is 16.4. The molecule has 0 saturated heterocycles. The summed E-state index contributed by atoms with van der Waals surface area (Å²) >= 11 is 0. The van der Waals surface area contributed by atoms with E-state index < -0.39 is 18.0 Å². The summed E-state index contributed by atoms with van der Waals surface area (Å²) in [7, 11) is 0. The average molecular weight is 469 g/mol. The van der Waals surface area contributed by atoms with Crippen LogP contribution in [0, 0.1) is 0 Å². The molecular formula is C28H36O6. The van der Waals surface area contributed by atoms with Crippen molar-refractivity contribution in [2.24, 2.45) is 0 Å². The highest BCUT2D eigenvalue weighted by atomic mass is 16.5. The van der Waals surface area contributed by atoms with Gasteiger partial charge in [-0.05, 0) is 68.3 Å². The lowest BCUT2D eigenvalue weighted by Gasteiger charge is -2.12. The molecule has 0 spiro atoms. The van der Waals surface area contributed by atoms with E-state index in [1.807, 2.05) is 6.92 Å². The van der Waals surface area contributed by atoms with Crippen molar-refractivity contribution in [1.82, 2.24) is 0 Å². The highest BCUT2D eigenvalue weighted by Gasteiger charge is 2.19. The number of benzene rings is 2. The molecule has 0 amide bonds. The number of carbonyl (C=O) groups is 3. The lowest BCUT2D eigenvalue weighted by Crippen LogP contribution is -2.24. The number of ketones is 1. The van der Waals surface area contributed by atoms with Crippen LogP contribution in [0.2, 0.25) is 0 Å². The third-order valence-electron chi connectivity index (χ3n) is 5.34. The van der Waals surface area contributed by atoms with Crippen molar-refractivity contribution in [3.05, 3.63) is 59.7 Å². The molecule has 0 N–H and O–H groups in total. The van der Waals surface area contributed by atoms with Gasteiger partial charge in [-0.25, -0.2) is 4.79 Å². The predicted molar refractivity (Wildman–Crippen MR) is 132 cm³/mol. The van der Waals surface area contributed by atoms with Crippen LogP contribution in [0.15, 0.2) is 48.5 Å². The predicted octanol–water partition coefficient (Wildman–Crippen LogP) is 6.56. The van der Waals surface area contributed by atoms with E-state index in [2.05, 4.69) is 6.92 Å². The van der Waals surface area contributed by atoms with E-state index in [0.717, 1.165) is 18.6 Å². The van der Waals surface area contributed by atoms with Crippen molar-refractivity contribution in [3.63, 3.8) is 0 Å². The van der Waals surface area contributed by atoms with Crippen molar-refractivity contribution in [2.75, 3.05) is 6.61 Å². The molecule has 0 heterocycles. The number of rotatable bonds is 15. The van der Waals surface area contributed by atoms with Gasteiger partial charge in [0.15, 0.2) is 6.10 Å². The molecule has 0 saturated carbocycles. The first-order valence-corrected chi connectivity index (χ1v) is 12.2. The summed E-state index contributed by atoms with van der Waals surface area (Å²) < 4.78 is 16.3. The summed E-state index contributed by atoms with van der Waals surface area (Å²) in [5, 5.41) is 0. The first kappa shape index (κ1) is 27.1. The molecule has 34 heavy (non-hydrogen) atoms. The van der Waals surface area contributed by atoms with Gasteiger partial charge in [-0.2, -0.15) is 0 Å². The van der Waals surface area contributed by atoms with E-state index in [4.69, 9.17) is 14.2 Å². The fourth-order valence-corrected chi connectivity index (χ4v) is 3.36. The van der Waals surface area contributed by atoms with Crippen LogP contribution in [0.5, 0.6) is 11.5 Å². The molecule has 0 fully saturated rings. The average Bonchev–Trinajstić information content (AvgIpc) is 2.84. The first-order valence-electron chi connectivity index (χ1n) is 12.2. The van der Waals surface area contributed by atoms with E-state index in [0.29, 0.717) is 29.9 Å². The van der Waals surface area contributed by atoms with Gasteiger partial charge >= 0.3 is 11.9 Å². The topological polar surface area (TPSA) is 78.9 Å². The molecule has 6 heteroatoms. The highest BCUT2D eigenvalue weighted by molar-refractivity contribution is 6.00. The summed E-state index contributed by atoms with van der Waals surface area (Å²) in [6, 6.07) is 13.1. The smallest absolute Gasteiger partial charge is 0.343 e. The molecule has 0 aliphatic carbocycles. The zero-order chi connectivity index (χ0) is 24.8. The number of hydrogen-bond donors (Lipinski definition) is 0. The number of hydrogen-bond acceptors (Lipinski definition) is 6. The molecule has 1 unspecified atom stereocenters. The van der Waals surface area contributed by atoms with Crippen molar-refractivity contribution < 1.29 is 28.6 Å². The van der Waals surface area contributed by atoms with Crippen LogP contribution in [-0.4, -0.2) is 30.4 Å². The maximum atomic E-state index is 12.4. The maximum absolute atomic E-state index is 12.4. The zero-order valence-electron chi connectivity index (χ0n) is 20.5. The lowest BCUT2D eigenvalue weighted by atomic mass is 10.1. The molecule has 2 aromatic carbocycles. The van der Waals surface area contributed by atoms with Crippen molar-refractivity contribution in [2.45, 2.75) is 78.2 Å². The Morgan fingerprint density at radius 3 is 1.97 bits per heavy atom. The molecule has 0 bridgehead atoms. The minimum absolute atomic E-state index is 0.277. The quantitative estimate of drug-likeness (QED) is 0.127. The zero-order valence-corrected chi connectivity index (χ0v) is 20.5. The molecule has 184 valence electrons. The van der Waals surface area contributed by atoms with Gasteiger partial charge < -0.3 is 14.2 Å². The van der Waals surface area contributed by atoms with E-state index in [-0.39, 0.29) is 12.2 Å². The molecule has 2 rings (SSSR count). The van der Waals surface area contributed by atoms with Gasteiger partial charge in [0.25, 0.3) is 0 Å². The third-order valence-corrected chi connectivity index (χ3v) is 5.34. The largest absolute Gasteiger partial charge is 0.494 e. The van der Waals surface area contributed by atoms with Gasteiger partial charge in [0, 0.05) is 12.0 Å². The van der Waals surface area contributed by atoms with Crippen LogP contribution in [0.3, 0.4) is 0 Å². The van der Waals surface area contributed by atoms with Crippen molar-refractivity contribution in [1.29, 1.82) is 0 Å². The SMILES string of the molecule is CCCCCCCCOc1ccc(C(=O)Oc2ccc(C(=O)C(C)OC(=O)CCC)cc2)cc1. The number of ether oxygens (including phenoxy) is 3. The van der Waals surface area contributed by atoms with E-state index in [1.54, 1.807) is 55.5 Å². The Balaban J connectivity index is 1.80. The fourth-order valence-electron chi connectivity index (χ4n) is 3.36. The Morgan fingerprint density at radius 1 is 0.735 bits per heavy atom. The van der Waals surface area contributed by atoms with Crippen LogP contribution in [0.25, 0.3) is 0 Å². The fraction of sp³-hybridized carbons (Fsp3) is 0.464. The van der Waals surface area contributed by atoms with Crippen LogP contribution >= 0.6 is 0 Å². The number of unbranched alkanes of at least 4 members (excludes halogenated alkanes) is 5. The summed E-state index contributed by atoms with van der Waals surface area (Å²) in [6.45, 7) is 6.29. The third kappa shape index (κ3) is 9.38. The molecule has 2 aromatic rings. The van der Waals surface area contributed by atoms with E-state index in [9.17, 15) is 14.4 Å². The van der Waals surface area contributed by atoms with Gasteiger partial charge in [0.1, 0.15) is 11.5 Å². The monoisotopic (exact) mass is 468 g/mol. The molecule has 1 atom stereocenters. The Labute approximate surface area is 202 Å². The normalized spacial score (nSPS) is 11.5. The van der Waals surface area contributed by atoms with Crippen LogP contribution < -0.4 is 9.47 Å². The van der Waals surface area contributed by atoms with E-state index >= 15 is 0 Å². The molecule has 0 aliphatic rings. The van der Waals surface area contributed by atoms with Gasteiger partial charge in [0.2, 0.25) is 5.78 Å². The molecule has 6 nitrogen and oxygen atoms in total. The molecule has 0 aliphatic heterocycles. The van der Waals surface area contributed by atoms with Gasteiger partial charge in [-0.15, -0.1) is 0 Å². The summed E-state index contributed by atoms with van der Waals surface area (Å²) in [5.41, 5.74) is 0.784. The number of Topliss-reactive ketones (excluding diaryl/α,β-unsaturated/α-hetero) is 1. The lowest BCUT2D eigenvalue weighted by molar-refractivity contribution is -0.146. The second kappa shape index (κ2) is 14.9. The number of esters is 2. The molecule has 0 aromatic heterocycles. The summed E-state index contributed by atoms with van der Waals surface area (Å²) in [5.74, 6) is -0.155. The Morgan fingerprint density at radius 2 is 1.32 bits per heavy atom. The summed E-state index contributed by atoms with van der Waals surface area (Å²) in [6.07, 6.45) is 7.30. The Bertz CT molecular complexity index is 901. The molecular weight excluding hydrogens is 432 g/mol. The van der Waals surface area contributed by atoms with Gasteiger partial charge in [-0.3, -0.25) is 9.59 Å². The molecule has 0 radical (unpaired) electrons. The van der Waals surface area contributed by atoms with Crippen molar-refractivity contribution in [3.8, 4) is 11.5 Å². The van der Waals surface area contributed by atoms with Crippen LogP contribution in [0.1, 0.15) is 92.9 Å². The van der Waals surface area contributed by atoms with Crippen LogP contribution in [0.4, 0.5) is 0 Å². The number of carbonyl (C=O) groups excluding carboxylic acids is 3. The van der Waals surface area contributed by atoms with Crippen molar-refractivity contribution >= 4 is 17.7 Å². The maximum Gasteiger partial charge on any atom is 0.343 e. The van der Waals surface area contributed by atoms with Gasteiger partial charge in [-0.1, -0.05) is 46.0 Å². The standard InChI is InChI=1S/C28H36O6/c1-4-6-7-8-9-10-20-32-24-16-14-23(15-17-24)28(31)34-25-18-12-22(13-19-25)27(30)21(3)33-26(29)11-5-2/h12-19,21H,4-11,20H2,1-3H3. The van der Waals surface area contributed by atoms with Gasteiger partial charge in [0.05, 0.1) is 12.2 Å². The minimum atomic E-state index is -0.866. The highest BCUT2D eigenvalue weighted by Crippen LogP contribution is 2.18. The second-order valence-corrected chi connectivity index (χ2v) is 8.30. The summed E-state index contributed by atoms with van der Waals surface area (Å²) in [4.78, 5) is 36.5. The minimum Gasteiger partial charge on any atom is -0.494 e. The Hall–Kier alpha value is -3.15. The Kier molecular flexibility index (Phi) is 11.9. The van der Waals surface area contributed by atoms with Crippen LogP contribution in [-0.2, 0) is 9.53 Å².